The van der Waals surface area contributed by atoms with Gasteiger partial charge in [-0.2, -0.15) is 0 Å². The molecule has 0 radical (unpaired) electrons. The van der Waals surface area contributed by atoms with Gasteiger partial charge in [-0.05, 0) is 30.3 Å². The van der Waals surface area contributed by atoms with Crippen LogP contribution < -0.4 is 4.90 Å². The summed E-state index contributed by atoms with van der Waals surface area (Å²) in [5.41, 5.74) is 1.41. The number of fused-ring (bicyclic) bond motifs is 2. The number of ether oxygens (including phenoxy) is 1. The predicted octanol–water partition coefficient (Wildman–Crippen LogP) is 3.63. The molecule has 2 aliphatic rings. The predicted molar refractivity (Wildman–Crippen MR) is 125 cm³/mol. The van der Waals surface area contributed by atoms with E-state index in [0.29, 0.717) is 55.2 Å². The Bertz CT molecular complexity index is 1290. The van der Waals surface area contributed by atoms with E-state index in [4.69, 9.17) is 16.3 Å². The number of anilines is 1. The zero-order valence-electron chi connectivity index (χ0n) is 18.5. The fourth-order valence-electron chi connectivity index (χ4n) is 4.25. The van der Waals surface area contributed by atoms with Gasteiger partial charge in [0.1, 0.15) is 11.0 Å². The minimum Gasteiger partial charge on any atom is -0.420 e. The van der Waals surface area contributed by atoms with E-state index in [2.05, 4.69) is 9.97 Å². The van der Waals surface area contributed by atoms with Gasteiger partial charge < -0.3 is 14.5 Å². The van der Waals surface area contributed by atoms with Crippen molar-refractivity contribution in [2.45, 2.75) is 19.6 Å². The van der Waals surface area contributed by atoms with Gasteiger partial charge in [0.15, 0.2) is 5.65 Å². The fourth-order valence-corrected chi connectivity index (χ4v) is 4.40. The lowest BCUT2D eigenvalue weighted by atomic mass is 10.1. The number of pyridine rings is 2. The van der Waals surface area contributed by atoms with Gasteiger partial charge in [0.05, 0.1) is 0 Å². The van der Waals surface area contributed by atoms with Gasteiger partial charge in [-0.1, -0.05) is 36.7 Å². The number of piperazine rings is 1. The molecule has 1 saturated heterocycles. The molecule has 34 heavy (non-hydrogen) atoms. The maximum Gasteiger partial charge on any atom is 0.412 e. The number of carbonyl (C=O) groups excluding carboxylic acids is 3. The lowest BCUT2D eigenvalue weighted by Gasteiger charge is -2.35. The molecule has 5 rings (SSSR count). The highest BCUT2D eigenvalue weighted by molar-refractivity contribution is 6.29. The Kier molecular flexibility index (Phi) is 5.79. The first-order valence-electron chi connectivity index (χ1n) is 11.1. The second-order valence-corrected chi connectivity index (χ2v) is 8.46. The van der Waals surface area contributed by atoms with Crippen molar-refractivity contribution < 1.29 is 19.1 Å². The monoisotopic (exact) mass is 479 g/mol. The molecule has 2 aliphatic heterocycles. The third kappa shape index (κ3) is 3.92. The molecule has 0 bridgehead atoms. The molecule has 4 heterocycles. The van der Waals surface area contributed by atoms with Crippen LogP contribution in [0.25, 0.3) is 11.0 Å². The molecule has 3 amide bonds. The second-order valence-electron chi connectivity index (χ2n) is 8.07. The lowest BCUT2D eigenvalue weighted by molar-refractivity contribution is -0.132. The lowest BCUT2D eigenvalue weighted by Crippen LogP contribution is -2.51. The summed E-state index contributed by atoms with van der Waals surface area (Å²) in [5, 5.41) is 1.06. The van der Waals surface area contributed by atoms with E-state index < -0.39 is 12.3 Å². The molecular weight excluding hydrogens is 458 g/mol. The van der Waals surface area contributed by atoms with E-state index in [1.165, 1.54) is 4.90 Å². The summed E-state index contributed by atoms with van der Waals surface area (Å²) in [4.78, 5) is 51.7. The van der Waals surface area contributed by atoms with Crippen molar-refractivity contribution in [2.75, 3.05) is 31.1 Å². The minimum absolute atomic E-state index is 0.0607. The largest absolute Gasteiger partial charge is 0.420 e. The van der Waals surface area contributed by atoms with Gasteiger partial charge in [-0.3, -0.25) is 14.5 Å². The van der Waals surface area contributed by atoms with Crippen LogP contribution in [-0.2, 0) is 9.53 Å². The average Bonchev–Trinajstić information content (AvgIpc) is 3.14. The van der Waals surface area contributed by atoms with Crippen LogP contribution in [0, 0.1) is 0 Å². The van der Waals surface area contributed by atoms with E-state index in [1.54, 1.807) is 58.3 Å². The third-order valence-corrected chi connectivity index (χ3v) is 6.28. The Morgan fingerprint density at radius 1 is 1.00 bits per heavy atom. The molecule has 1 aromatic carbocycles. The number of halogens is 1. The summed E-state index contributed by atoms with van der Waals surface area (Å²) in [7, 11) is 0. The first kappa shape index (κ1) is 22.1. The van der Waals surface area contributed by atoms with Crippen LogP contribution in [0.5, 0.6) is 0 Å². The zero-order chi connectivity index (χ0) is 23.8. The number of rotatable bonds is 3. The fraction of sp³-hybridized carbons (Fsp3) is 0.292. The molecule has 1 fully saturated rings. The van der Waals surface area contributed by atoms with Crippen molar-refractivity contribution in [2.24, 2.45) is 0 Å². The molecule has 9 nitrogen and oxygen atoms in total. The van der Waals surface area contributed by atoms with Crippen molar-refractivity contribution in [3.8, 4) is 0 Å². The highest BCUT2D eigenvalue weighted by Gasteiger charge is 2.42. The quantitative estimate of drug-likeness (QED) is 0.532. The molecule has 0 saturated carbocycles. The SMILES string of the molecule is CCC(=O)N1CCN(C(=O)OC2c3ccccc3C(=O)N2c2ccc3ccc(Cl)nc3n2)CC1. The summed E-state index contributed by atoms with van der Waals surface area (Å²) in [6.07, 6.45) is -1.10. The summed E-state index contributed by atoms with van der Waals surface area (Å²) >= 11 is 6.02. The minimum atomic E-state index is -0.976. The first-order chi connectivity index (χ1) is 16.5. The molecule has 0 spiro atoms. The molecule has 0 aliphatic carbocycles. The number of aromatic nitrogens is 2. The number of carbonyl (C=O) groups is 3. The number of hydrogen-bond acceptors (Lipinski definition) is 6. The van der Waals surface area contributed by atoms with Crippen LogP contribution in [0.3, 0.4) is 0 Å². The highest BCUT2D eigenvalue weighted by atomic mass is 35.5. The topological polar surface area (TPSA) is 95.9 Å². The summed E-state index contributed by atoms with van der Waals surface area (Å²) in [5.74, 6) is 0.0471. The normalized spacial score (nSPS) is 17.8. The van der Waals surface area contributed by atoms with Crippen molar-refractivity contribution in [1.29, 1.82) is 0 Å². The van der Waals surface area contributed by atoms with Crippen LogP contribution in [0.15, 0.2) is 48.5 Å². The molecule has 1 atom stereocenters. The Morgan fingerprint density at radius 2 is 1.71 bits per heavy atom. The van der Waals surface area contributed by atoms with E-state index in [9.17, 15) is 14.4 Å². The van der Waals surface area contributed by atoms with Gasteiger partial charge in [0, 0.05) is 49.1 Å². The van der Waals surface area contributed by atoms with E-state index in [1.807, 2.05) is 6.92 Å². The first-order valence-corrected chi connectivity index (χ1v) is 11.4. The Labute approximate surface area is 200 Å². The second kappa shape index (κ2) is 8.90. The number of nitrogens with zero attached hydrogens (tertiary/aromatic N) is 5. The molecule has 0 N–H and O–H groups in total. The molecular formula is C24H22ClN5O4. The van der Waals surface area contributed by atoms with E-state index in [-0.39, 0.29) is 17.0 Å². The zero-order valence-corrected chi connectivity index (χ0v) is 19.2. The molecule has 1 unspecified atom stereocenters. The van der Waals surface area contributed by atoms with E-state index in [0.717, 1.165) is 5.39 Å². The van der Waals surface area contributed by atoms with Crippen molar-refractivity contribution >= 4 is 46.4 Å². The average molecular weight is 480 g/mol. The van der Waals surface area contributed by atoms with Crippen LogP contribution in [0.1, 0.15) is 35.5 Å². The molecule has 174 valence electrons. The van der Waals surface area contributed by atoms with Gasteiger partial charge in [0.2, 0.25) is 12.1 Å². The number of hydrogen-bond donors (Lipinski definition) is 0. The molecule has 2 aromatic heterocycles. The van der Waals surface area contributed by atoms with Gasteiger partial charge in [-0.15, -0.1) is 0 Å². The Hall–Kier alpha value is -3.72. The van der Waals surface area contributed by atoms with Crippen molar-refractivity contribution in [3.05, 3.63) is 64.8 Å². The smallest absolute Gasteiger partial charge is 0.412 e. The standard InChI is InChI=1S/C24H22ClN5O4/c1-2-20(31)28-11-13-29(14-12-28)24(33)34-23-17-6-4-3-5-16(17)22(32)30(23)19-10-8-15-7-9-18(25)26-21(15)27-19/h3-10,23H,2,11-14H2,1H3. The summed E-state index contributed by atoms with van der Waals surface area (Å²) < 4.78 is 5.87. The van der Waals surface area contributed by atoms with Gasteiger partial charge >= 0.3 is 6.09 Å². The van der Waals surface area contributed by atoms with Crippen LogP contribution in [-0.4, -0.2) is 63.9 Å². The highest BCUT2D eigenvalue weighted by Crippen LogP contribution is 2.38. The van der Waals surface area contributed by atoms with Crippen LogP contribution >= 0.6 is 11.6 Å². The maximum absolute atomic E-state index is 13.3. The van der Waals surface area contributed by atoms with E-state index >= 15 is 0 Å². The van der Waals surface area contributed by atoms with Crippen molar-refractivity contribution in [3.63, 3.8) is 0 Å². The van der Waals surface area contributed by atoms with Crippen LogP contribution in [0.4, 0.5) is 10.6 Å². The number of benzene rings is 1. The van der Waals surface area contributed by atoms with Crippen molar-refractivity contribution in [1.82, 2.24) is 19.8 Å². The third-order valence-electron chi connectivity index (χ3n) is 6.07. The van der Waals surface area contributed by atoms with Crippen LogP contribution in [0.2, 0.25) is 5.15 Å². The molecule has 10 heteroatoms. The number of amides is 3. The summed E-state index contributed by atoms with van der Waals surface area (Å²) in [6, 6.07) is 14.0. The summed E-state index contributed by atoms with van der Waals surface area (Å²) in [6.45, 7) is 3.44. The maximum atomic E-state index is 13.3. The van der Waals surface area contributed by atoms with Gasteiger partial charge in [0.25, 0.3) is 5.91 Å². The molecule has 3 aromatic rings. The Morgan fingerprint density at radius 3 is 2.47 bits per heavy atom. The Balaban J connectivity index is 1.43. The van der Waals surface area contributed by atoms with Gasteiger partial charge in [-0.25, -0.2) is 14.8 Å².